The number of carbonyl (C=O) groups is 3. The van der Waals surface area contributed by atoms with Crippen molar-refractivity contribution in [3.05, 3.63) is 35.0 Å². The normalized spacial score (nSPS) is 18.4. The van der Waals surface area contributed by atoms with Crippen LogP contribution >= 0.6 is 11.3 Å². The third-order valence-electron chi connectivity index (χ3n) is 5.71. The summed E-state index contributed by atoms with van der Waals surface area (Å²) < 4.78 is 5.24. The molecule has 35 heavy (non-hydrogen) atoms. The first-order valence-corrected chi connectivity index (χ1v) is 12.3. The van der Waals surface area contributed by atoms with E-state index >= 15 is 0 Å². The van der Waals surface area contributed by atoms with E-state index in [0.717, 1.165) is 27.9 Å². The number of likely N-dealkylation sites (tertiary alicyclic amines) is 1. The van der Waals surface area contributed by atoms with Crippen molar-refractivity contribution < 1.29 is 19.1 Å². The molecule has 1 aliphatic heterocycles. The summed E-state index contributed by atoms with van der Waals surface area (Å²) in [6.07, 6.45) is 4.32. The number of anilines is 2. The van der Waals surface area contributed by atoms with Gasteiger partial charge in [-0.1, -0.05) is 6.92 Å². The number of aromatic amines is 1. The van der Waals surface area contributed by atoms with Gasteiger partial charge in [-0.15, -0.1) is 11.3 Å². The number of piperidine rings is 1. The molecule has 0 spiro atoms. The van der Waals surface area contributed by atoms with Crippen LogP contribution in [-0.4, -0.2) is 50.1 Å². The number of amides is 3. The fraction of sp³-hybridized carbons (Fsp3) is 0.458. The summed E-state index contributed by atoms with van der Waals surface area (Å²) in [7, 11) is 0. The van der Waals surface area contributed by atoms with E-state index in [1.807, 2.05) is 6.07 Å². The molecule has 0 aromatic carbocycles. The van der Waals surface area contributed by atoms with Crippen LogP contribution in [0.3, 0.4) is 0 Å². The number of hydrogen-bond acceptors (Lipinski definition) is 7. The highest BCUT2D eigenvalue weighted by molar-refractivity contribution is 7.18. The Kier molecular flexibility index (Phi) is 6.79. The lowest BCUT2D eigenvalue weighted by atomic mass is 9.93. The largest absolute Gasteiger partial charge is 0.444 e. The van der Waals surface area contributed by atoms with Crippen LogP contribution in [0.4, 0.5) is 16.3 Å². The third-order valence-corrected chi connectivity index (χ3v) is 6.86. The lowest BCUT2D eigenvalue weighted by molar-refractivity contribution is -0.146. The molecule has 3 N–H and O–H groups in total. The lowest BCUT2D eigenvalue weighted by Gasteiger charge is -2.37. The van der Waals surface area contributed by atoms with Crippen LogP contribution in [-0.2, 0) is 14.3 Å². The Morgan fingerprint density at radius 2 is 1.94 bits per heavy atom. The second-order valence-corrected chi connectivity index (χ2v) is 11.0. The minimum absolute atomic E-state index is 0.157. The summed E-state index contributed by atoms with van der Waals surface area (Å²) in [5.74, 6) is -0.680. The first-order valence-electron chi connectivity index (χ1n) is 11.5. The van der Waals surface area contributed by atoms with Gasteiger partial charge in [0, 0.05) is 16.8 Å². The molecule has 3 aromatic heterocycles. The summed E-state index contributed by atoms with van der Waals surface area (Å²) >= 11 is 1.56. The van der Waals surface area contributed by atoms with Gasteiger partial charge in [0.1, 0.15) is 16.2 Å². The number of nitrogens with zero attached hydrogens (tertiary/aromatic N) is 3. The molecule has 0 saturated carbocycles. The fourth-order valence-corrected chi connectivity index (χ4v) is 5.23. The van der Waals surface area contributed by atoms with Gasteiger partial charge in [0.2, 0.25) is 0 Å². The molecule has 3 aromatic rings. The number of thiophene rings is 1. The van der Waals surface area contributed by atoms with E-state index in [-0.39, 0.29) is 6.04 Å². The molecule has 186 valence electrons. The van der Waals surface area contributed by atoms with Crippen LogP contribution in [0.2, 0.25) is 0 Å². The fourth-order valence-electron chi connectivity index (χ4n) is 4.10. The van der Waals surface area contributed by atoms with Crippen LogP contribution in [0, 0.1) is 12.8 Å². The molecule has 4 heterocycles. The molecule has 0 radical (unpaired) electrons. The number of fused-ring (bicyclic) bond motifs is 1. The SMILES string of the molecule is Cc1cc(NC(=O)C(=O)N2C[C@H](C)CC[C@H]2c2cc3cn[nH]c3s2)cnc1NC(=O)OC(C)(C)C. The maximum absolute atomic E-state index is 13.2. The minimum Gasteiger partial charge on any atom is -0.444 e. The van der Waals surface area contributed by atoms with Gasteiger partial charge in [-0.2, -0.15) is 5.10 Å². The summed E-state index contributed by atoms with van der Waals surface area (Å²) in [4.78, 5) is 46.0. The number of ether oxygens (including phenoxy) is 1. The standard InChI is InChI=1S/C24H30N6O4S/c1-13-6-7-17(18-9-15-10-26-29-21(15)35-18)30(12-13)22(32)20(31)27-16-8-14(2)19(25-11-16)28-23(33)34-24(3,4)5/h8-11,13,17H,6-7,12H2,1-5H3,(H,26,29)(H,27,31)(H,25,28,33)/t13-,17+/m1/s1. The molecule has 1 aliphatic rings. The van der Waals surface area contributed by atoms with Crippen molar-refractivity contribution in [3.8, 4) is 0 Å². The third kappa shape index (κ3) is 5.79. The van der Waals surface area contributed by atoms with Gasteiger partial charge in [0.15, 0.2) is 0 Å². The first kappa shape index (κ1) is 24.6. The zero-order valence-electron chi connectivity index (χ0n) is 20.5. The molecule has 4 rings (SSSR count). The molecule has 1 fully saturated rings. The molecular weight excluding hydrogens is 468 g/mol. The molecule has 2 atom stereocenters. The summed E-state index contributed by atoms with van der Waals surface area (Å²) in [6.45, 7) is 9.65. The van der Waals surface area contributed by atoms with E-state index in [1.165, 1.54) is 6.20 Å². The molecule has 0 unspecified atom stereocenters. The van der Waals surface area contributed by atoms with Gasteiger partial charge in [0.05, 0.1) is 24.1 Å². The van der Waals surface area contributed by atoms with Crippen molar-refractivity contribution in [2.75, 3.05) is 17.2 Å². The Labute approximate surface area is 207 Å². The summed E-state index contributed by atoms with van der Waals surface area (Å²) in [6, 6.07) is 3.53. The maximum atomic E-state index is 13.2. The molecule has 0 bridgehead atoms. The van der Waals surface area contributed by atoms with Gasteiger partial charge in [-0.25, -0.2) is 9.78 Å². The molecule has 3 amide bonds. The molecular formula is C24H30N6O4S. The van der Waals surface area contributed by atoms with Crippen molar-refractivity contribution >= 4 is 51.0 Å². The van der Waals surface area contributed by atoms with Gasteiger partial charge < -0.3 is 15.0 Å². The average molecular weight is 499 g/mol. The summed E-state index contributed by atoms with van der Waals surface area (Å²) in [5, 5.41) is 13.3. The number of pyridine rings is 1. The second-order valence-electron chi connectivity index (χ2n) is 9.93. The number of hydrogen-bond donors (Lipinski definition) is 3. The van der Waals surface area contributed by atoms with Gasteiger partial charge in [0.25, 0.3) is 0 Å². The highest BCUT2D eigenvalue weighted by atomic mass is 32.1. The van der Waals surface area contributed by atoms with E-state index in [4.69, 9.17) is 4.74 Å². The lowest BCUT2D eigenvalue weighted by Crippen LogP contribution is -2.46. The Bertz CT molecular complexity index is 1230. The molecule has 10 nitrogen and oxygen atoms in total. The average Bonchev–Trinajstić information content (AvgIpc) is 3.36. The van der Waals surface area contributed by atoms with Crippen LogP contribution in [0.5, 0.6) is 0 Å². The number of carbonyl (C=O) groups excluding carboxylic acids is 3. The molecule has 1 saturated heterocycles. The zero-order valence-corrected chi connectivity index (χ0v) is 21.3. The molecule has 0 aliphatic carbocycles. The highest BCUT2D eigenvalue weighted by Gasteiger charge is 2.35. The number of H-pyrrole nitrogens is 1. The van der Waals surface area contributed by atoms with E-state index in [1.54, 1.807) is 56.2 Å². The number of aromatic nitrogens is 3. The first-order chi connectivity index (χ1) is 16.5. The van der Waals surface area contributed by atoms with Crippen molar-refractivity contribution in [2.24, 2.45) is 5.92 Å². The zero-order chi connectivity index (χ0) is 25.3. The van der Waals surface area contributed by atoms with Crippen LogP contribution in [0.15, 0.2) is 24.5 Å². The Morgan fingerprint density at radius 3 is 2.63 bits per heavy atom. The Hall–Kier alpha value is -3.47. The van der Waals surface area contributed by atoms with Crippen molar-refractivity contribution in [2.45, 2.75) is 59.1 Å². The molecule has 11 heteroatoms. The van der Waals surface area contributed by atoms with Crippen molar-refractivity contribution in [1.29, 1.82) is 0 Å². The van der Waals surface area contributed by atoms with Crippen LogP contribution in [0.25, 0.3) is 10.2 Å². The predicted octanol–water partition coefficient (Wildman–Crippen LogP) is 4.61. The van der Waals surface area contributed by atoms with Gasteiger partial charge in [-0.05, 0) is 64.2 Å². The van der Waals surface area contributed by atoms with Gasteiger partial charge in [-0.3, -0.25) is 20.0 Å². The summed E-state index contributed by atoms with van der Waals surface area (Å²) in [5.41, 5.74) is 0.351. The number of rotatable bonds is 3. The second kappa shape index (κ2) is 9.65. The van der Waals surface area contributed by atoms with Gasteiger partial charge >= 0.3 is 17.9 Å². The maximum Gasteiger partial charge on any atom is 0.413 e. The predicted molar refractivity (Wildman–Crippen MR) is 134 cm³/mol. The monoisotopic (exact) mass is 498 g/mol. The highest BCUT2D eigenvalue weighted by Crippen LogP contribution is 2.38. The Balaban J connectivity index is 1.45. The van der Waals surface area contributed by atoms with Crippen LogP contribution < -0.4 is 10.6 Å². The minimum atomic E-state index is -0.720. The smallest absolute Gasteiger partial charge is 0.413 e. The van der Waals surface area contributed by atoms with E-state index < -0.39 is 23.5 Å². The van der Waals surface area contributed by atoms with Crippen molar-refractivity contribution in [1.82, 2.24) is 20.1 Å². The number of aryl methyl sites for hydroxylation is 1. The van der Waals surface area contributed by atoms with Crippen molar-refractivity contribution in [3.63, 3.8) is 0 Å². The quantitative estimate of drug-likeness (QED) is 0.452. The Morgan fingerprint density at radius 1 is 1.17 bits per heavy atom. The van der Waals surface area contributed by atoms with E-state index in [0.29, 0.717) is 29.5 Å². The van der Waals surface area contributed by atoms with E-state index in [2.05, 4.69) is 32.7 Å². The van der Waals surface area contributed by atoms with E-state index in [9.17, 15) is 14.4 Å². The van der Waals surface area contributed by atoms with Crippen LogP contribution in [0.1, 0.15) is 57.0 Å². The number of nitrogens with one attached hydrogen (secondary N) is 3. The topological polar surface area (TPSA) is 129 Å².